The predicted octanol–water partition coefficient (Wildman–Crippen LogP) is 0.681. The van der Waals surface area contributed by atoms with Gasteiger partial charge in [0.05, 0.1) is 0 Å². The zero-order valence-electron chi connectivity index (χ0n) is 10.0. The van der Waals surface area contributed by atoms with Crippen molar-refractivity contribution in [1.82, 2.24) is 15.5 Å². The number of nitrogen functional groups attached to an aromatic ring is 1. The molecule has 4 N–H and O–H groups in total. The van der Waals surface area contributed by atoms with Gasteiger partial charge in [-0.25, -0.2) is 5.84 Å². The Kier molecular flexibility index (Phi) is 2.97. The minimum absolute atomic E-state index is 0.177. The summed E-state index contributed by atoms with van der Waals surface area (Å²) in [4.78, 5) is 11.9. The molecule has 0 saturated heterocycles. The van der Waals surface area contributed by atoms with E-state index in [1.165, 1.54) is 12.8 Å². The van der Waals surface area contributed by atoms with Crippen molar-refractivity contribution in [2.75, 3.05) is 5.43 Å². The highest BCUT2D eigenvalue weighted by molar-refractivity contribution is 5.92. The summed E-state index contributed by atoms with van der Waals surface area (Å²) in [5, 5.41) is 10.5. The lowest BCUT2D eigenvalue weighted by molar-refractivity contribution is 0.0897. The predicted molar refractivity (Wildman–Crippen MR) is 64.1 cm³/mol. The molecule has 6 nitrogen and oxygen atoms in total. The van der Waals surface area contributed by atoms with Crippen molar-refractivity contribution in [2.24, 2.45) is 11.8 Å². The van der Waals surface area contributed by atoms with Crippen LogP contribution in [0.15, 0.2) is 12.1 Å². The number of aromatic nitrogens is 2. The first-order valence-electron chi connectivity index (χ1n) is 5.66. The highest BCUT2D eigenvalue weighted by Gasteiger charge is 2.39. The number of amides is 1. The van der Waals surface area contributed by atoms with Crippen LogP contribution in [0, 0.1) is 5.92 Å². The van der Waals surface area contributed by atoms with Gasteiger partial charge in [0.1, 0.15) is 0 Å². The van der Waals surface area contributed by atoms with Crippen molar-refractivity contribution in [1.29, 1.82) is 0 Å². The van der Waals surface area contributed by atoms with Gasteiger partial charge in [-0.15, -0.1) is 10.2 Å². The Bertz CT molecular complexity index is 410. The fourth-order valence-electron chi connectivity index (χ4n) is 1.79. The number of hydrazine groups is 1. The lowest BCUT2D eigenvalue weighted by atomic mass is 9.98. The second-order valence-corrected chi connectivity index (χ2v) is 4.90. The fraction of sp³-hybridized carbons (Fsp3) is 0.545. The van der Waals surface area contributed by atoms with E-state index >= 15 is 0 Å². The largest absolute Gasteiger partial charge is 0.345 e. The summed E-state index contributed by atoms with van der Waals surface area (Å²) >= 11 is 0. The van der Waals surface area contributed by atoms with Crippen molar-refractivity contribution in [3.05, 3.63) is 17.8 Å². The lowest BCUT2D eigenvalue weighted by Gasteiger charge is -2.25. The minimum atomic E-state index is -0.196. The maximum Gasteiger partial charge on any atom is 0.272 e. The molecule has 0 spiro atoms. The van der Waals surface area contributed by atoms with Gasteiger partial charge in [0, 0.05) is 5.54 Å². The molecule has 0 aromatic carbocycles. The molecule has 2 rings (SSSR count). The van der Waals surface area contributed by atoms with Gasteiger partial charge in [-0.2, -0.15) is 0 Å². The van der Waals surface area contributed by atoms with Crippen molar-refractivity contribution in [3.63, 3.8) is 0 Å². The maximum atomic E-state index is 11.9. The molecule has 1 aromatic rings. The molecule has 0 aliphatic heterocycles. The van der Waals surface area contributed by atoms with Crippen molar-refractivity contribution < 1.29 is 4.79 Å². The smallest absolute Gasteiger partial charge is 0.272 e. The number of hydrogen-bond acceptors (Lipinski definition) is 5. The third-order valence-corrected chi connectivity index (χ3v) is 3.08. The first-order chi connectivity index (χ1) is 8.03. The Balaban J connectivity index is 2.03. The van der Waals surface area contributed by atoms with E-state index in [-0.39, 0.29) is 11.4 Å². The number of carbonyl (C=O) groups is 1. The van der Waals surface area contributed by atoms with Crippen molar-refractivity contribution in [3.8, 4) is 0 Å². The number of carbonyl (C=O) groups excluding carboxylic acids is 1. The van der Waals surface area contributed by atoms with Gasteiger partial charge in [-0.05, 0) is 44.7 Å². The Morgan fingerprint density at radius 2 is 2.12 bits per heavy atom. The van der Waals surface area contributed by atoms with Crippen LogP contribution in [-0.4, -0.2) is 21.6 Å². The summed E-state index contributed by atoms with van der Waals surface area (Å²) in [5.41, 5.74) is 2.49. The van der Waals surface area contributed by atoms with Crippen LogP contribution in [0.25, 0.3) is 0 Å². The zero-order valence-corrected chi connectivity index (χ0v) is 10.0. The summed E-state index contributed by atoms with van der Waals surface area (Å²) < 4.78 is 0. The molecule has 1 aliphatic carbocycles. The Morgan fingerprint density at radius 3 is 2.59 bits per heavy atom. The fourth-order valence-corrected chi connectivity index (χ4v) is 1.79. The van der Waals surface area contributed by atoms with Crippen molar-refractivity contribution >= 4 is 11.7 Å². The highest BCUT2D eigenvalue weighted by Crippen LogP contribution is 2.39. The monoisotopic (exact) mass is 235 g/mol. The van der Waals surface area contributed by atoms with Gasteiger partial charge in [-0.1, -0.05) is 0 Å². The van der Waals surface area contributed by atoms with E-state index in [9.17, 15) is 4.79 Å². The number of nitrogens with one attached hydrogen (secondary N) is 2. The van der Waals surface area contributed by atoms with E-state index in [1.807, 2.05) is 13.8 Å². The van der Waals surface area contributed by atoms with E-state index in [0.717, 1.165) is 0 Å². The van der Waals surface area contributed by atoms with Gasteiger partial charge >= 0.3 is 0 Å². The SMILES string of the molecule is CC(C)(NC(=O)c1ccc(NN)nn1)C1CC1. The first-order valence-corrected chi connectivity index (χ1v) is 5.66. The molecule has 92 valence electrons. The van der Waals surface area contributed by atoms with Crippen LogP contribution in [0.3, 0.4) is 0 Å². The molecule has 6 heteroatoms. The van der Waals surface area contributed by atoms with Crippen LogP contribution >= 0.6 is 0 Å². The molecule has 1 heterocycles. The molecule has 0 bridgehead atoms. The van der Waals surface area contributed by atoms with Gasteiger partial charge < -0.3 is 10.7 Å². The summed E-state index contributed by atoms with van der Waals surface area (Å²) in [5.74, 6) is 5.98. The zero-order chi connectivity index (χ0) is 12.5. The molecule has 1 saturated carbocycles. The van der Waals surface area contributed by atoms with Gasteiger partial charge in [-0.3, -0.25) is 4.79 Å². The average molecular weight is 235 g/mol. The molecule has 17 heavy (non-hydrogen) atoms. The first kappa shape index (κ1) is 11.8. The molecule has 0 radical (unpaired) electrons. The van der Waals surface area contributed by atoms with Crippen LogP contribution < -0.4 is 16.6 Å². The van der Waals surface area contributed by atoms with Crippen LogP contribution in [0.1, 0.15) is 37.2 Å². The van der Waals surface area contributed by atoms with Gasteiger partial charge in [0.15, 0.2) is 11.5 Å². The Hall–Kier alpha value is -1.69. The molecule has 1 fully saturated rings. The van der Waals surface area contributed by atoms with Crippen molar-refractivity contribution in [2.45, 2.75) is 32.2 Å². The molecule has 0 atom stereocenters. The van der Waals surface area contributed by atoms with Crippen LogP contribution in [0.4, 0.5) is 5.82 Å². The van der Waals surface area contributed by atoms with E-state index < -0.39 is 0 Å². The number of anilines is 1. The van der Waals surface area contributed by atoms with Crippen LogP contribution in [-0.2, 0) is 0 Å². The molecule has 1 aromatic heterocycles. The standard InChI is InChI=1S/C11H17N5O/c1-11(2,7-3-4-7)13-10(17)8-5-6-9(14-12)16-15-8/h5-7H,3-4,12H2,1-2H3,(H,13,17)(H,14,16). The number of hydrogen-bond donors (Lipinski definition) is 3. The summed E-state index contributed by atoms with van der Waals surface area (Å²) in [6.07, 6.45) is 2.35. The van der Waals surface area contributed by atoms with E-state index in [4.69, 9.17) is 5.84 Å². The average Bonchev–Trinajstić information content (AvgIpc) is 3.12. The van der Waals surface area contributed by atoms with Gasteiger partial charge in [0.2, 0.25) is 0 Å². The second-order valence-electron chi connectivity index (χ2n) is 4.90. The molecular formula is C11H17N5O. The Morgan fingerprint density at radius 1 is 1.41 bits per heavy atom. The number of nitrogens with zero attached hydrogens (tertiary/aromatic N) is 2. The number of rotatable bonds is 4. The summed E-state index contributed by atoms with van der Waals surface area (Å²) in [6.45, 7) is 4.07. The minimum Gasteiger partial charge on any atom is -0.345 e. The van der Waals surface area contributed by atoms with E-state index in [0.29, 0.717) is 17.4 Å². The van der Waals surface area contributed by atoms with Crippen LogP contribution in [0.5, 0.6) is 0 Å². The molecule has 1 aliphatic rings. The third kappa shape index (κ3) is 2.71. The Labute approximate surface area is 100.0 Å². The van der Waals surface area contributed by atoms with E-state index in [1.54, 1.807) is 12.1 Å². The molecule has 0 unspecified atom stereocenters. The molecular weight excluding hydrogens is 218 g/mol. The summed E-state index contributed by atoms with van der Waals surface area (Å²) in [6, 6.07) is 3.21. The number of nitrogens with two attached hydrogens (primary N) is 1. The van der Waals surface area contributed by atoms with Crippen LogP contribution in [0.2, 0.25) is 0 Å². The quantitative estimate of drug-likeness (QED) is 0.527. The maximum absolute atomic E-state index is 11.9. The topological polar surface area (TPSA) is 92.9 Å². The summed E-state index contributed by atoms with van der Waals surface area (Å²) in [7, 11) is 0. The second kappa shape index (κ2) is 4.29. The normalized spacial score (nSPS) is 15.5. The lowest BCUT2D eigenvalue weighted by Crippen LogP contribution is -2.45. The highest BCUT2D eigenvalue weighted by atomic mass is 16.2. The third-order valence-electron chi connectivity index (χ3n) is 3.08. The molecule has 1 amide bonds. The van der Waals surface area contributed by atoms with Gasteiger partial charge in [0.25, 0.3) is 5.91 Å². The van der Waals surface area contributed by atoms with E-state index in [2.05, 4.69) is 20.9 Å².